The minimum absolute atomic E-state index is 0.0734. The minimum Gasteiger partial charge on any atom is -0.395 e. The zero-order chi connectivity index (χ0) is 15.3. The van der Waals surface area contributed by atoms with Gasteiger partial charge in [-0.15, -0.1) is 0 Å². The lowest BCUT2D eigenvalue weighted by Crippen LogP contribution is -2.36. The second-order valence-corrected chi connectivity index (χ2v) is 6.28. The van der Waals surface area contributed by atoms with Crippen molar-refractivity contribution in [2.75, 3.05) is 13.2 Å². The molecule has 1 aromatic carbocycles. The summed E-state index contributed by atoms with van der Waals surface area (Å²) in [5.41, 5.74) is 0.371. The number of benzene rings is 1. The molecule has 1 unspecified atom stereocenters. The van der Waals surface area contributed by atoms with E-state index in [1.807, 2.05) is 0 Å². The van der Waals surface area contributed by atoms with E-state index in [0.717, 1.165) is 0 Å². The van der Waals surface area contributed by atoms with Gasteiger partial charge in [0.05, 0.1) is 11.5 Å². The zero-order valence-electron chi connectivity index (χ0n) is 11.3. The van der Waals surface area contributed by atoms with Crippen molar-refractivity contribution in [2.24, 2.45) is 0 Å². The molecule has 112 valence electrons. The highest BCUT2D eigenvalue weighted by Gasteiger charge is 2.27. The monoisotopic (exact) mass is 308 g/mol. The van der Waals surface area contributed by atoms with Crippen molar-refractivity contribution in [3.05, 3.63) is 29.8 Å². The highest BCUT2D eigenvalue weighted by Crippen LogP contribution is 2.16. The molecule has 6 nitrogen and oxygen atoms in total. The number of sulfonamides is 1. The third-order valence-corrected chi connectivity index (χ3v) is 4.51. The lowest BCUT2D eigenvalue weighted by Gasteiger charge is -2.12. The molecule has 0 bridgehead atoms. The van der Waals surface area contributed by atoms with Crippen molar-refractivity contribution in [1.29, 1.82) is 0 Å². The van der Waals surface area contributed by atoms with Gasteiger partial charge in [0.2, 0.25) is 15.9 Å². The van der Waals surface area contributed by atoms with Crippen molar-refractivity contribution in [3.63, 3.8) is 0 Å². The van der Waals surface area contributed by atoms with Crippen molar-refractivity contribution >= 4 is 15.9 Å². The second kappa shape index (κ2) is 6.72. The molecule has 21 heavy (non-hydrogen) atoms. The summed E-state index contributed by atoms with van der Waals surface area (Å²) in [6.07, 6.45) is 0.417. The van der Waals surface area contributed by atoms with E-state index in [1.54, 1.807) is 18.2 Å². The van der Waals surface area contributed by atoms with Crippen molar-refractivity contribution in [2.45, 2.75) is 23.8 Å². The molecule has 1 heterocycles. The normalized spacial score (nSPS) is 18.0. The molecule has 1 aliphatic heterocycles. The maximum atomic E-state index is 12.4. The lowest BCUT2D eigenvalue weighted by atomic mass is 10.2. The summed E-state index contributed by atoms with van der Waals surface area (Å²) in [6.45, 7) is 0.215. The first-order valence-corrected chi connectivity index (χ1v) is 7.99. The average Bonchev–Trinajstić information content (AvgIpc) is 2.84. The number of hydrogen-bond acceptors (Lipinski definition) is 4. The molecular formula is C14H16N2O4S. The van der Waals surface area contributed by atoms with Crippen LogP contribution in [0.2, 0.25) is 0 Å². The van der Waals surface area contributed by atoms with E-state index in [9.17, 15) is 13.2 Å². The largest absolute Gasteiger partial charge is 0.395 e. The third-order valence-electron chi connectivity index (χ3n) is 2.94. The Bertz CT molecular complexity index is 688. The number of carbonyl (C=O) groups is 1. The predicted octanol–water partition coefficient (Wildman–Crippen LogP) is -0.413. The van der Waals surface area contributed by atoms with Crippen molar-refractivity contribution < 1.29 is 18.3 Å². The van der Waals surface area contributed by atoms with Crippen LogP contribution in [-0.2, 0) is 14.8 Å². The summed E-state index contributed by atoms with van der Waals surface area (Å²) in [7, 11) is -3.74. The molecule has 1 amide bonds. The van der Waals surface area contributed by atoms with Gasteiger partial charge in [-0.3, -0.25) is 4.79 Å². The molecule has 0 radical (unpaired) electrons. The van der Waals surface area contributed by atoms with Gasteiger partial charge in [0.1, 0.15) is 0 Å². The van der Waals surface area contributed by atoms with Gasteiger partial charge in [-0.05, 0) is 12.1 Å². The number of nitrogens with one attached hydrogen (secondary N) is 2. The van der Waals surface area contributed by atoms with Crippen LogP contribution in [0.1, 0.15) is 18.4 Å². The molecule has 2 rings (SSSR count). The molecule has 0 saturated carbocycles. The fourth-order valence-corrected chi connectivity index (χ4v) is 3.39. The molecule has 3 N–H and O–H groups in total. The number of aliphatic hydroxyl groups excluding tert-OH is 1. The van der Waals surface area contributed by atoms with Gasteiger partial charge in [0.25, 0.3) is 0 Å². The van der Waals surface area contributed by atoms with E-state index in [4.69, 9.17) is 5.11 Å². The van der Waals surface area contributed by atoms with Gasteiger partial charge in [-0.2, -0.15) is 0 Å². The Morgan fingerprint density at radius 1 is 1.38 bits per heavy atom. The standard InChI is InChI=1S/C14H16N2O4S/c17-8-4-3-6-11-5-1-2-7-13(11)21(19,20)16-12-9-14(18)15-10-12/h1-2,5,7,12,16-17H,4,8-10H2,(H,15,18). The van der Waals surface area contributed by atoms with Gasteiger partial charge in [-0.25, -0.2) is 13.1 Å². The summed E-state index contributed by atoms with van der Waals surface area (Å²) in [4.78, 5) is 11.2. The minimum atomic E-state index is -3.74. The SMILES string of the molecule is O=C1CC(NS(=O)(=O)c2ccccc2C#CCCO)CN1. The fraction of sp³-hybridized carbons (Fsp3) is 0.357. The highest BCUT2D eigenvalue weighted by molar-refractivity contribution is 7.89. The number of amides is 1. The summed E-state index contributed by atoms with van der Waals surface area (Å²) >= 11 is 0. The first-order chi connectivity index (χ1) is 10.0. The number of aliphatic hydroxyl groups is 1. The molecular weight excluding hydrogens is 292 g/mol. The van der Waals surface area contributed by atoms with Crippen LogP contribution in [0, 0.1) is 11.8 Å². The number of hydrogen-bond donors (Lipinski definition) is 3. The van der Waals surface area contributed by atoms with Gasteiger partial charge < -0.3 is 10.4 Å². The van der Waals surface area contributed by atoms with Crippen LogP contribution in [0.5, 0.6) is 0 Å². The molecule has 1 saturated heterocycles. The molecule has 0 spiro atoms. The van der Waals surface area contributed by atoms with Crippen LogP contribution in [0.15, 0.2) is 29.2 Å². The average molecular weight is 308 g/mol. The van der Waals surface area contributed by atoms with Crippen LogP contribution in [0.25, 0.3) is 0 Å². The molecule has 1 fully saturated rings. The molecule has 1 aromatic rings. The van der Waals surface area contributed by atoms with E-state index in [2.05, 4.69) is 21.9 Å². The summed E-state index contributed by atoms with van der Waals surface area (Å²) < 4.78 is 27.3. The van der Waals surface area contributed by atoms with Gasteiger partial charge in [0.15, 0.2) is 0 Å². The van der Waals surface area contributed by atoms with E-state index < -0.39 is 16.1 Å². The van der Waals surface area contributed by atoms with Crippen molar-refractivity contribution in [1.82, 2.24) is 10.0 Å². The highest BCUT2D eigenvalue weighted by atomic mass is 32.2. The molecule has 7 heteroatoms. The van der Waals surface area contributed by atoms with Crippen LogP contribution in [-0.4, -0.2) is 38.6 Å². The van der Waals surface area contributed by atoms with Crippen LogP contribution in [0.4, 0.5) is 0 Å². The zero-order valence-corrected chi connectivity index (χ0v) is 12.1. The molecule has 1 aliphatic rings. The Hall–Kier alpha value is -1.88. The summed E-state index contributed by atoms with van der Waals surface area (Å²) in [5, 5.41) is 11.3. The Labute approximate surface area is 123 Å². The van der Waals surface area contributed by atoms with E-state index in [-0.39, 0.29) is 36.8 Å². The van der Waals surface area contributed by atoms with Crippen LogP contribution < -0.4 is 10.0 Å². The van der Waals surface area contributed by atoms with E-state index in [0.29, 0.717) is 5.56 Å². The quantitative estimate of drug-likeness (QED) is 0.659. The topological polar surface area (TPSA) is 95.5 Å². The summed E-state index contributed by atoms with van der Waals surface area (Å²) in [5.74, 6) is 5.28. The Morgan fingerprint density at radius 3 is 2.81 bits per heavy atom. The maximum absolute atomic E-state index is 12.4. The predicted molar refractivity (Wildman–Crippen MR) is 76.8 cm³/mol. The van der Waals surface area contributed by atoms with E-state index >= 15 is 0 Å². The summed E-state index contributed by atoms with van der Waals surface area (Å²) in [6, 6.07) is 5.94. The Balaban J connectivity index is 2.24. The molecule has 0 aliphatic carbocycles. The first kappa shape index (κ1) is 15.5. The lowest BCUT2D eigenvalue weighted by molar-refractivity contribution is -0.119. The molecule has 1 atom stereocenters. The fourth-order valence-electron chi connectivity index (χ4n) is 1.99. The second-order valence-electron chi connectivity index (χ2n) is 4.60. The van der Waals surface area contributed by atoms with Gasteiger partial charge >= 0.3 is 0 Å². The van der Waals surface area contributed by atoms with E-state index in [1.165, 1.54) is 6.07 Å². The Kier molecular flexibility index (Phi) is 4.96. The molecule has 0 aromatic heterocycles. The van der Waals surface area contributed by atoms with Crippen LogP contribution >= 0.6 is 0 Å². The van der Waals surface area contributed by atoms with Crippen LogP contribution in [0.3, 0.4) is 0 Å². The first-order valence-electron chi connectivity index (χ1n) is 6.51. The maximum Gasteiger partial charge on any atom is 0.242 e. The Morgan fingerprint density at radius 2 is 2.14 bits per heavy atom. The van der Waals surface area contributed by atoms with Crippen molar-refractivity contribution in [3.8, 4) is 11.8 Å². The van der Waals surface area contributed by atoms with Gasteiger partial charge in [-0.1, -0.05) is 24.0 Å². The number of rotatable bonds is 4. The number of carbonyl (C=O) groups excluding carboxylic acids is 1. The third kappa shape index (κ3) is 4.04. The van der Waals surface area contributed by atoms with Gasteiger partial charge in [0, 0.05) is 31.0 Å². The smallest absolute Gasteiger partial charge is 0.242 e.